The lowest BCUT2D eigenvalue weighted by Gasteiger charge is -2.49. The van der Waals surface area contributed by atoms with Crippen LogP contribution in [0.1, 0.15) is 0 Å². The Morgan fingerprint density at radius 3 is 1.44 bits per heavy atom. The molecule has 45 heavy (non-hydrogen) atoms. The van der Waals surface area contributed by atoms with E-state index >= 15 is 0 Å². The number of aldehydes is 1. The van der Waals surface area contributed by atoms with Gasteiger partial charge in [0.15, 0.2) is 18.9 Å². The van der Waals surface area contributed by atoms with Crippen molar-refractivity contribution in [3.8, 4) is 0 Å². The molecule has 2 saturated heterocycles. The van der Waals surface area contributed by atoms with Crippen LogP contribution in [0.5, 0.6) is 0 Å². The first-order valence-electron chi connectivity index (χ1n) is 14.6. The first kappa shape index (κ1) is 40.2. The van der Waals surface area contributed by atoms with E-state index in [1.807, 2.05) is 0 Å². The molecule has 16 heteroatoms. The predicted octanol–water partition coefficient (Wildman–Crippen LogP) is -0.535. The zero-order valence-electron chi connectivity index (χ0n) is 28.3. The molecule has 0 aliphatic carbocycles. The Kier molecular flexibility index (Phi) is 18.9. The van der Waals surface area contributed by atoms with E-state index in [2.05, 4.69) is 0 Å². The first-order chi connectivity index (χ1) is 21.8. The summed E-state index contributed by atoms with van der Waals surface area (Å²) in [6, 6.07) is 0. The summed E-state index contributed by atoms with van der Waals surface area (Å²) >= 11 is 0. The quantitative estimate of drug-likeness (QED) is 0.137. The van der Waals surface area contributed by atoms with Gasteiger partial charge in [0.25, 0.3) is 0 Å². The highest BCUT2D eigenvalue weighted by atomic mass is 16.8. The molecule has 0 unspecified atom stereocenters. The standard InChI is InChI=1S/C29H54O16/c1-31-13-17(34-4)21(36-6)20(35-5)16(12-30)42-29-27(25(40-10)23(38-8)19(44-29)15-33-3)45-28-26(41-11)24(39-9)22(37-7)18(43-28)14-32-2/h12,16-29H,13-15H2,1-11H3/t16-,17-,18-,19-,20-,21-,22-,23-,24+,25+,26+,27+,28-,29+/m1/s1. The number of hydrogen-bond donors (Lipinski definition) is 0. The fourth-order valence-electron chi connectivity index (χ4n) is 5.98. The van der Waals surface area contributed by atoms with E-state index in [1.165, 1.54) is 56.9 Å². The molecule has 0 spiro atoms. The molecule has 0 aromatic carbocycles. The molecular weight excluding hydrogens is 604 g/mol. The number of ether oxygens (including phenoxy) is 15. The molecule has 0 aromatic rings. The van der Waals surface area contributed by atoms with Crippen molar-refractivity contribution in [2.24, 2.45) is 0 Å². The molecule has 2 rings (SSSR count). The van der Waals surface area contributed by atoms with Crippen molar-refractivity contribution in [3.63, 3.8) is 0 Å². The lowest BCUT2D eigenvalue weighted by Crippen LogP contribution is -2.66. The van der Waals surface area contributed by atoms with E-state index in [1.54, 1.807) is 21.3 Å². The van der Waals surface area contributed by atoms with Crippen LogP contribution in [0.4, 0.5) is 0 Å². The highest BCUT2D eigenvalue weighted by Crippen LogP contribution is 2.35. The van der Waals surface area contributed by atoms with Crippen molar-refractivity contribution < 1.29 is 75.8 Å². The van der Waals surface area contributed by atoms with E-state index < -0.39 is 85.8 Å². The Morgan fingerprint density at radius 2 is 1.04 bits per heavy atom. The summed E-state index contributed by atoms with van der Waals surface area (Å²) in [6.07, 6.45) is -10.8. The van der Waals surface area contributed by atoms with E-state index in [-0.39, 0.29) is 19.8 Å². The minimum atomic E-state index is -1.22. The average molecular weight is 659 g/mol. The Balaban J connectivity index is 2.54. The Bertz CT molecular complexity index is 793. The van der Waals surface area contributed by atoms with Crippen LogP contribution in [-0.2, 0) is 75.8 Å². The van der Waals surface area contributed by atoms with Crippen molar-refractivity contribution >= 4 is 6.29 Å². The third kappa shape index (κ3) is 9.81. The van der Waals surface area contributed by atoms with Crippen LogP contribution in [0.15, 0.2) is 0 Å². The minimum Gasteiger partial charge on any atom is -0.382 e. The van der Waals surface area contributed by atoms with Gasteiger partial charge in [0.1, 0.15) is 73.2 Å². The van der Waals surface area contributed by atoms with Crippen LogP contribution in [0.25, 0.3) is 0 Å². The molecule has 266 valence electrons. The second-order valence-corrected chi connectivity index (χ2v) is 10.5. The van der Waals surface area contributed by atoms with Gasteiger partial charge in [-0.15, -0.1) is 0 Å². The van der Waals surface area contributed by atoms with Crippen LogP contribution in [0.2, 0.25) is 0 Å². The van der Waals surface area contributed by atoms with Gasteiger partial charge in [-0.1, -0.05) is 0 Å². The molecule has 0 N–H and O–H groups in total. The summed E-state index contributed by atoms with van der Waals surface area (Å²) in [4.78, 5) is 12.6. The van der Waals surface area contributed by atoms with Crippen LogP contribution in [0.3, 0.4) is 0 Å². The van der Waals surface area contributed by atoms with Gasteiger partial charge in [0.2, 0.25) is 0 Å². The number of carbonyl (C=O) groups excluding carboxylic acids is 1. The van der Waals surface area contributed by atoms with Crippen molar-refractivity contribution in [2.75, 3.05) is 98.0 Å². The molecule has 0 aromatic heterocycles. The van der Waals surface area contributed by atoms with E-state index in [0.29, 0.717) is 6.29 Å². The molecule has 0 saturated carbocycles. The van der Waals surface area contributed by atoms with Crippen LogP contribution < -0.4 is 0 Å². The molecule has 16 nitrogen and oxygen atoms in total. The monoisotopic (exact) mass is 658 g/mol. The zero-order chi connectivity index (χ0) is 33.5. The maximum Gasteiger partial charge on any atom is 0.188 e. The van der Waals surface area contributed by atoms with E-state index in [0.717, 1.165) is 0 Å². The fraction of sp³-hybridized carbons (Fsp3) is 0.966. The Labute approximate surface area is 266 Å². The second kappa shape index (κ2) is 21.1. The van der Waals surface area contributed by atoms with Gasteiger partial charge < -0.3 is 75.8 Å². The van der Waals surface area contributed by atoms with Gasteiger partial charge in [0.05, 0.1) is 19.8 Å². The summed E-state index contributed by atoms with van der Waals surface area (Å²) in [5, 5.41) is 0. The lowest BCUT2D eigenvalue weighted by atomic mass is 9.96. The maximum atomic E-state index is 12.6. The normalized spacial score (nSPS) is 35.1. The number of rotatable bonds is 22. The second-order valence-electron chi connectivity index (χ2n) is 10.5. The summed E-state index contributed by atoms with van der Waals surface area (Å²) in [5.41, 5.74) is 0. The first-order valence-corrected chi connectivity index (χ1v) is 14.6. The minimum absolute atomic E-state index is 0.127. The van der Waals surface area contributed by atoms with Crippen LogP contribution >= 0.6 is 0 Å². The van der Waals surface area contributed by atoms with Gasteiger partial charge in [-0.25, -0.2) is 0 Å². The van der Waals surface area contributed by atoms with Gasteiger partial charge >= 0.3 is 0 Å². The van der Waals surface area contributed by atoms with E-state index in [4.69, 9.17) is 71.1 Å². The van der Waals surface area contributed by atoms with Crippen LogP contribution in [0, 0.1) is 0 Å². The van der Waals surface area contributed by atoms with Crippen molar-refractivity contribution in [1.29, 1.82) is 0 Å². The molecule has 2 fully saturated rings. The largest absolute Gasteiger partial charge is 0.382 e. The smallest absolute Gasteiger partial charge is 0.188 e. The summed E-state index contributed by atoms with van der Waals surface area (Å²) in [5.74, 6) is 0. The number of carbonyl (C=O) groups is 1. The molecule has 2 heterocycles. The molecular formula is C29H54O16. The molecule has 14 atom stereocenters. The summed E-state index contributed by atoms with van der Waals surface area (Å²) in [7, 11) is 16.7. The summed E-state index contributed by atoms with van der Waals surface area (Å²) in [6.45, 7) is 0.484. The Morgan fingerprint density at radius 1 is 0.556 bits per heavy atom. The number of methoxy groups -OCH3 is 11. The fourth-order valence-corrected chi connectivity index (χ4v) is 5.98. The molecule has 2 aliphatic rings. The third-order valence-electron chi connectivity index (χ3n) is 8.11. The topological polar surface area (TPSA) is 156 Å². The zero-order valence-corrected chi connectivity index (χ0v) is 28.3. The van der Waals surface area contributed by atoms with Crippen molar-refractivity contribution in [3.05, 3.63) is 0 Å². The third-order valence-corrected chi connectivity index (χ3v) is 8.11. The molecule has 2 aliphatic heterocycles. The SMILES string of the molecule is COC[C@H]1O[C@H](O[C@@H]2[C@@H](O[C@H](C=O)[C@@H](OC)[C@H](OC)[C@@H](COC)OC)O[C@H](COC)[C@@H](OC)[C@@H]2OC)[C@@H](OC)[C@@H](OC)[C@@H]1OC. The molecule has 0 amide bonds. The predicted molar refractivity (Wildman–Crippen MR) is 155 cm³/mol. The highest BCUT2D eigenvalue weighted by Gasteiger charge is 2.54. The maximum absolute atomic E-state index is 12.6. The van der Waals surface area contributed by atoms with E-state index in [9.17, 15) is 4.79 Å². The van der Waals surface area contributed by atoms with Gasteiger partial charge in [-0.3, -0.25) is 0 Å². The van der Waals surface area contributed by atoms with Gasteiger partial charge in [0, 0.05) is 78.2 Å². The van der Waals surface area contributed by atoms with Gasteiger partial charge in [-0.05, 0) is 0 Å². The van der Waals surface area contributed by atoms with Crippen LogP contribution in [-0.4, -0.2) is 190 Å². The lowest BCUT2D eigenvalue weighted by molar-refractivity contribution is -0.379. The molecule has 0 bridgehead atoms. The number of hydrogen-bond acceptors (Lipinski definition) is 16. The average Bonchev–Trinajstić information content (AvgIpc) is 3.05. The highest BCUT2D eigenvalue weighted by molar-refractivity contribution is 5.57. The Hall–Kier alpha value is -0.930. The van der Waals surface area contributed by atoms with Crippen molar-refractivity contribution in [1.82, 2.24) is 0 Å². The molecule has 0 radical (unpaired) electrons. The van der Waals surface area contributed by atoms with Gasteiger partial charge in [-0.2, -0.15) is 0 Å². The summed E-state index contributed by atoms with van der Waals surface area (Å²) < 4.78 is 87.7. The van der Waals surface area contributed by atoms with Crippen molar-refractivity contribution in [2.45, 2.75) is 85.8 Å².